The van der Waals surface area contributed by atoms with E-state index in [-0.39, 0.29) is 0 Å². The molecule has 0 aliphatic heterocycles. The van der Waals surface area contributed by atoms with E-state index in [9.17, 15) is 0 Å². The average Bonchev–Trinajstić information content (AvgIpc) is 2.18. The number of rotatable bonds is 4. The van der Waals surface area contributed by atoms with Crippen LogP contribution in [-0.2, 0) is 0 Å². The van der Waals surface area contributed by atoms with E-state index in [0.29, 0.717) is 0 Å². The molecule has 0 unspecified atom stereocenters. The van der Waals surface area contributed by atoms with E-state index >= 15 is 0 Å². The molecule has 1 nitrogen and oxygen atoms in total. The van der Waals surface area contributed by atoms with Gasteiger partial charge in [-0.1, -0.05) is 24.3 Å². The summed E-state index contributed by atoms with van der Waals surface area (Å²) in [6, 6.07) is 8.49. The summed E-state index contributed by atoms with van der Waals surface area (Å²) in [6.45, 7) is 6.90. The van der Waals surface area contributed by atoms with E-state index in [4.69, 9.17) is 0 Å². The van der Waals surface area contributed by atoms with Crippen molar-refractivity contribution in [1.29, 1.82) is 0 Å². The van der Waals surface area contributed by atoms with Gasteiger partial charge in [0, 0.05) is 25.0 Å². The van der Waals surface area contributed by atoms with Crippen molar-refractivity contribution in [2.24, 2.45) is 0 Å². The Balaban J connectivity index is 2.65. The summed E-state index contributed by atoms with van der Waals surface area (Å²) in [5.74, 6) is 0.746. The monoisotopic (exact) mass is 207 g/mol. The first kappa shape index (κ1) is 11.2. The molecule has 0 spiro atoms. The first-order valence-electron chi connectivity index (χ1n) is 4.69. The standard InChI is InChI=1S/C12H17NS/c1-10-4-6-12(7-5-10)13(3)8-11(2)9-14/h4-7,14H,2,8-9H2,1,3H3. The molecule has 0 atom stereocenters. The summed E-state index contributed by atoms with van der Waals surface area (Å²) in [7, 11) is 2.07. The zero-order chi connectivity index (χ0) is 10.6. The molecule has 0 radical (unpaired) electrons. The summed E-state index contributed by atoms with van der Waals surface area (Å²) in [4.78, 5) is 2.18. The molecule has 0 fully saturated rings. The highest BCUT2D eigenvalue weighted by Crippen LogP contribution is 2.14. The Morgan fingerprint density at radius 2 is 1.93 bits per heavy atom. The Kier molecular flexibility index (Phi) is 4.08. The predicted molar refractivity (Wildman–Crippen MR) is 67.4 cm³/mol. The Bertz CT molecular complexity index is 303. The van der Waals surface area contributed by atoms with Gasteiger partial charge in [-0.2, -0.15) is 12.6 Å². The lowest BCUT2D eigenvalue weighted by molar-refractivity contribution is 0.989. The van der Waals surface area contributed by atoms with Gasteiger partial charge in [-0.05, 0) is 24.6 Å². The minimum absolute atomic E-state index is 0.746. The fraction of sp³-hybridized carbons (Fsp3) is 0.333. The van der Waals surface area contributed by atoms with Gasteiger partial charge >= 0.3 is 0 Å². The molecule has 76 valence electrons. The van der Waals surface area contributed by atoms with E-state index in [1.165, 1.54) is 11.3 Å². The third-order valence-electron chi connectivity index (χ3n) is 2.16. The van der Waals surface area contributed by atoms with Crippen LogP contribution in [0.2, 0.25) is 0 Å². The molecule has 1 rings (SSSR count). The van der Waals surface area contributed by atoms with E-state index < -0.39 is 0 Å². The number of aryl methyl sites for hydroxylation is 1. The average molecular weight is 207 g/mol. The molecule has 0 heterocycles. The van der Waals surface area contributed by atoms with Crippen LogP contribution in [0.1, 0.15) is 5.56 Å². The largest absolute Gasteiger partial charge is 0.371 e. The first-order chi connectivity index (χ1) is 6.63. The van der Waals surface area contributed by atoms with Crippen molar-refractivity contribution in [3.63, 3.8) is 0 Å². The Morgan fingerprint density at radius 3 is 2.43 bits per heavy atom. The van der Waals surface area contributed by atoms with Crippen molar-refractivity contribution in [3.05, 3.63) is 42.0 Å². The summed E-state index contributed by atoms with van der Waals surface area (Å²) in [5, 5.41) is 0. The van der Waals surface area contributed by atoms with Crippen LogP contribution in [-0.4, -0.2) is 19.3 Å². The van der Waals surface area contributed by atoms with Gasteiger partial charge in [0.15, 0.2) is 0 Å². The van der Waals surface area contributed by atoms with Gasteiger partial charge in [-0.3, -0.25) is 0 Å². The molecular formula is C12H17NS. The van der Waals surface area contributed by atoms with Crippen LogP contribution in [0.5, 0.6) is 0 Å². The molecule has 0 N–H and O–H groups in total. The highest BCUT2D eigenvalue weighted by atomic mass is 32.1. The quantitative estimate of drug-likeness (QED) is 0.587. The van der Waals surface area contributed by atoms with E-state index in [2.05, 4.69) is 62.3 Å². The van der Waals surface area contributed by atoms with Crippen LogP contribution in [0.4, 0.5) is 5.69 Å². The molecule has 1 aromatic carbocycles. The van der Waals surface area contributed by atoms with Crippen LogP contribution in [0, 0.1) is 6.92 Å². The fourth-order valence-corrected chi connectivity index (χ4v) is 1.38. The molecule has 14 heavy (non-hydrogen) atoms. The van der Waals surface area contributed by atoms with Gasteiger partial charge in [-0.15, -0.1) is 0 Å². The Hall–Kier alpha value is -0.890. The van der Waals surface area contributed by atoms with Crippen molar-refractivity contribution in [2.45, 2.75) is 6.92 Å². The van der Waals surface area contributed by atoms with Gasteiger partial charge in [0.2, 0.25) is 0 Å². The third kappa shape index (κ3) is 3.11. The molecule has 0 saturated heterocycles. The maximum absolute atomic E-state index is 4.19. The first-order valence-corrected chi connectivity index (χ1v) is 5.32. The van der Waals surface area contributed by atoms with Crippen molar-refractivity contribution >= 4 is 18.3 Å². The molecule has 1 aromatic rings. The molecular weight excluding hydrogens is 190 g/mol. The number of thiol groups is 1. The van der Waals surface area contributed by atoms with E-state index in [1.807, 2.05) is 0 Å². The maximum atomic E-state index is 4.19. The second-order valence-electron chi connectivity index (χ2n) is 3.60. The van der Waals surface area contributed by atoms with Crippen molar-refractivity contribution in [2.75, 3.05) is 24.2 Å². The van der Waals surface area contributed by atoms with Crippen molar-refractivity contribution in [1.82, 2.24) is 0 Å². The fourth-order valence-electron chi connectivity index (χ4n) is 1.28. The Labute approximate surface area is 91.8 Å². The number of benzene rings is 1. The zero-order valence-electron chi connectivity index (χ0n) is 8.83. The van der Waals surface area contributed by atoms with Gasteiger partial charge in [0.1, 0.15) is 0 Å². The molecule has 0 saturated carbocycles. The maximum Gasteiger partial charge on any atom is 0.0391 e. The van der Waals surface area contributed by atoms with Gasteiger partial charge < -0.3 is 4.90 Å². The van der Waals surface area contributed by atoms with Gasteiger partial charge in [-0.25, -0.2) is 0 Å². The van der Waals surface area contributed by atoms with Crippen LogP contribution in [0.15, 0.2) is 36.4 Å². The molecule has 0 aliphatic rings. The number of hydrogen-bond donors (Lipinski definition) is 1. The highest BCUT2D eigenvalue weighted by molar-refractivity contribution is 7.80. The third-order valence-corrected chi connectivity index (χ3v) is 2.61. The minimum Gasteiger partial charge on any atom is -0.371 e. The second-order valence-corrected chi connectivity index (χ2v) is 3.92. The molecule has 0 aromatic heterocycles. The Morgan fingerprint density at radius 1 is 1.36 bits per heavy atom. The van der Waals surface area contributed by atoms with E-state index in [1.54, 1.807) is 0 Å². The predicted octanol–water partition coefficient (Wildman–Crippen LogP) is 2.92. The second kappa shape index (κ2) is 5.11. The minimum atomic E-state index is 0.746. The molecule has 2 heteroatoms. The van der Waals surface area contributed by atoms with Gasteiger partial charge in [0.05, 0.1) is 0 Å². The van der Waals surface area contributed by atoms with Crippen LogP contribution < -0.4 is 4.90 Å². The van der Waals surface area contributed by atoms with Gasteiger partial charge in [0.25, 0.3) is 0 Å². The summed E-state index contributed by atoms with van der Waals surface area (Å²) in [5.41, 5.74) is 3.64. The lowest BCUT2D eigenvalue weighted by Crippen LogP contribution is -2.20. The highest BCUT2D eigenvalue weighted by Gasteiger charge is 2.00. The lowest BCUT2D eigenvalue weighted by atomic mass is 10.2. The molecule has 0 amide bonds. The number of anilines is 1. The summed E-state index contributed by atoms with van der Waals surface area (Å²) >= 11 is 4.19. The molecule has 0 aliphatic carbocycles. The lowest BCUT2D eigenvalue weighted by Gasteiger charge is -2.20. The molecule has 0 bridgehead atoms. The number of hydrogen-bond acceptors (Lipinski definition) is 2. The normalized spacial score (nSPS) is 9.93. The van der Waals surface area contributed by atoms with Crippen LogP contribution in [0.25, 0.3) is 0 Å². The van der Waals surface area contributed by atoms with Crippen LogP contribution in [0.3, 0.4) is 0 Å². The van der Waals surface area contributed by atoms with Crippen LogP contribution >= 0.6 is 12.6 Å². The zero-order valence-corrected chi connectivity index (χ0v) is 9.72. The van der Waals surface area contributed by atoms with Crippen molar-refractivity contribution < 1.29 is 0 Å². The summed E-state index contributed by atoms with van der Waals surface area (Å²) < 4.78 is 0. The SMILES string of the molecule is C=C(CS)CN(C)c1ccc(C)cc1. The van der Waals surface area contributed by atoms with Crippen molar-refractivity contribution in [3.8, 4) is 0 Å². The summed E-state index contributed by atoms with van der Waals surface area (Å²) in [6.07, 6.45) is 0. The smallest absolute Gasteiger partial charge is 0.0391 e. The number of nitrogens with zero attached hydrogens (tertiary/aromatic N) is 1. The topological polar surface area (TPSA) is 3.24 Å². The van der Waals surface area contributed by atoms with E-state index in [0.717, 1.165) is 17.9 Å². The number of likely N-dealkylation sites (N-methyl/N-ethyl adjacent to an activating group) is 1.